The summed E-state index contributed by atoms with van der Waals surface area (Å²) in [5.74, 6) is 0.976. The number of nitrogens with two attached hydrogens (primary N) is 1. The summed E-state index contributed by atoms with van der Waals surface area (Å²) < 4.78 is 6.16. The van der Waals surface area contributed by atoms with Crippen LogP contribution in [0, 0.1) is 0 Å². The molecule has 1 heterocycles. The van der Waals surface area contributed by atoms with E-state index in [2.05, 4.69) is 11.4 Å². The number of anilines is 1. The van der Waals surface area contributed by atoms with Gasteiger partial charge in [0.05, 0.1) is 0 Å². The first kappa shape index (κ1) is 14.4. The molecule has 0 spiro atoms. The Kier molecular flexibility index (Phi) is 4.44. The van der Waals surface area contributed by atoms with Crippen LogP contribution in [0.5, 0.6) is 5.75 Å². The van der Waals surface area contributed by atoms with Crippen LogP contribution >= 0.6 is 0 Å². The van der Waals surface area contributed by atoms with Gasteiger partial charge in [0.2, 0.25) is 5.91 Å². The van der Waals surface area contributed by atoms with Gasteiger partial charge in [-0.15, -0.1) is 0 Å². The van der Waals surface area contributed by atoms with E-state index >= 15 is 0 Å². The molecule has 3 rings (SSSR count). The molecule has 4 heteroatoms. The molecule has 1 fully saturated rings. The number of rotatable bonds is 2. The van der Waals surface area contributed by atoms with E-state index in [4.69, 9.17) is 10.5 Å². The summed E-state index contributed by atoms with van der Waals surface area (Å²) in [4.78, 5) is 11.4. The van der Waals surface area contributed by atoms with Crippen LogP contribution in [0.15, 0.2) is 18.2 Å². The van der Waals surface area contributed by atoms with Gasteiger partial charge in [0.1, 0.15) is 11.9 Å². The SMILES string of the molecule is NC1CCCCCCC1Oc1ccc2c(c1)CCC(=O)N2. The highest BCUT2D eigenvalue weighted by Gasteiger charge is 2.22. The number of hydrogen-bond donors (Lipinski definition) is 2. The topological polar surface area (TPSA) is 64.3 Å². The van der Waals surface area contributed by atoms with E-state index in [0.717, 1.165) is 36.3 Å². The Morgan fingerprint density at radius 2 is 1.90 bits per heavy atom. The van der Waals surface area contributed by atoms with Crippen molar-refractivity contribution >= 4 is 11.6 Å². The minimum atomic E-state index is 0.0956. The van der Waals surface area contributed by atoms with E-state index in [9.17, 15) is 4.79 Å². The summed E-state index contributed by atoms with van der Waals surface area (Å²) in [6, 6.07) is 6.06. The van der Waals surface area contributed by atoms with Crippen molar-refractivity contribution in [3.63, 3.8) is 0 Å². The third-order valence-electron chi connectivity index (χ3n) is 4.51. The van der Waals surface area contributed by atoms with Crippen LogP contribution in [0.3, 0.4) is 0 Å². The van der Waals surface area contributed by atoms with Crippen molar-refractivity contribution in [3.05, 3.63) is 23.8 Å². The van der Waals surface area contributed by atoms with Crippen LogP contribution in [0.1, 0.15) is 50.5 Å². The molecule has 1 aromatic carbocycles. The fourth-order valence-electron chi connectivity index (χ4n) is 3.23. The first-order chi connectivity index (χ1) is 10.2. The minimum Gasteiger partial charge on any atom is -0.489 e. The second-order valence-electron chi connectivity index (χ2n) is 6.18. The maximum atomic E-state index is 11.4. The monoisotopic (exact) mass is 288 g/mol. The summed E-state index contributed by atoms with van der Waals surface area (Å²) in [5, 5.41) is 2.90. The van der Waals surface area contributed by atoms with Gasteiger partial charge in [0, 0.05) is 18.2 Å². The number of benzene rings is 1. The molecular weight excluding hydrogens is 264 g/mol. The lowest BCUT2D eigenvalue weighted by Crippen LogP contribution is -2.39. The number of hydrogen-bond acceptors (Lipinski definition) is 3. The number of fused-ring (bicyclic) bond motifs is 1. The van der Waals surface area contributed by atoms with Gasteiger partial charge in [-0.2, -0.15) is 0 Å². The molecular formula is C17H24N2O2. The van der Waals surface area contributed by atoms with Gasteiger partial charge < -0.3 is 15.8 Å². The number of ether oxygens (including phenoxy) is 1. The highest BCUT2D eigenvalue weighted by atomic mass is 16.5. The lowest BCUT2D eigenvalue weighted by atomic mass is 9.94. The summed E-state index contributed by atoms with van der Waals surface area (Å²) in [6.07, 6.45) is 8.51. The molecule has 0 saturated heterocycles. The van der Waals surface area contributed by atoms with Gasteiger partial charge in [0.15, 0.2) is 0 Å². The Balaban J connectivity index is 1.70. The van der Waals surface area contributed by atoms with Crippen LogP contribution in [0.4, 0.5) is 5.69 Å². The number of nitrogens with one attached hydrogen (secondary N) is 1. The lowest BCUT2D eigenvalue weighted by molar-refractivity contribution is -0.116. The van der Waals surface area contributed by atoms with Crippen LogP contribution in [0.25, 0.3) is 0 Å². The molecule has 21 heavy (non-hydrogen) atoms. The maximum absolute atomic E-state index is 11.4. The number of amides is 1. The second-order valence-corrected chi connectivity index (χ2v) is 6.18. The maximum Gasteiger partial charge on any atom is 0.224 e. The zero-order valence-corrected chi connectivity index (χ0v) is 12.4. The smallest absolute Gasteiger partial charge is 0.224 e. The highest BCUT2D eigenvalue weighted by molar-refractivity contribution is 5.93. The fourth-order valence-corrected chi connectivity index (χ4v) is 3.23. The molecule has 0 bridgehead atoms. The standard InChI is InChI=1S/C17H24N2O2/c18-14-5-3-1-2-4-6-16(14)21-13-8-9-15-12(11-13)7-10-17(20)19-15/h8-9,11,14,16H,1-7,10,18H2,(H,19,20). The zero-order chi connectivity index (χ0) is 14.7. The predicted octanol–water partition coefficient (Wildman–Crippen LogP) is 3.00. The van der Waals surface area contributed by atoms with Crippen molar-refractivity contribution in [3.8, 4) is 5.75 Å². The Hall–Kier alpha value is -1.55. The summed E-state index contributed by atoms with van der Waals surface area (Å²) in [7, 11) is 0. The van der Waals surface area contributed by atoms with E-state index < -0.39 is 0 Å². The van der Waals surface area contributed by atoms with Gasteiger partial charge in [0.25, 0.3) is 0 Å². The van der Waals surface area contributed by atoms with Gasteiger partial charge in [-0.25, -0.2) is 0 Å². The Labute approximate surface area is 126 Å². The molecule has 1 amide bonds. The minimum absolute atomic E-state index is 0.0956. The largest absolute Gasteiger partial charge is 0.489 e. The molecule has 4 nitrogen and oxygen atoms in total. The normalized spacial score (nSPS) is 26.2. The van der Waals surface area contributed by atoms with E-state index in [0.29, 0.717) is 6.42 Å². The van der Waals surface area contributed by atoms with Gasteiger partial charge in [-0.1, -0.05) is 19.3 Å². The van der Waals surface area contributed by atoms with Crippen LogP contribution in [0.2, 0.25) is 0 Å². The molecule has 2 atom stereocenters. The summed E-state index contributed by atoms with van der Waals surface area (Å²) >= 11 is 0. The predicted molar refractivity (Wildman–Crippen MR) is 83.5 cm³/mol. The summed E-state index contributed by atoms with van der Waals surface area (Å²) in [5.41, 5.74) is 8.35. The van der Waals surface area contributed by atoms with E-state index in [-0.39, 0.29) is 18.1 Å². The van der Waals surface area contributed by atoms with Crippen molar-refractivity contribution < 1.29 is 9.53 Å². The van der Waals surface area contributed by atoms with Crippen LogP contribution < -0.4 is 15.8 Å². The van der Waals surface area contributed by atoms with E-state index in [1.807, 2.05) is 12.1 Å². The molecule has 1 aromatic rings. The average molecular weight is 288 g/mol. The van der Waals surface area contributed by atoms with Crippen molar-refractivity contribution in [1.82, 2.24) is 0 Å². The fraction of sp³-hybridized carbons (Fsp3) is 0.588. The number of aryl methyl sites for hydroxylation is 1. The molecule has 114 valence electrons. The molecule has 1 saturated carbocycles. The van der Waals surface area contributed by atoms with Crippen LogP contribution in [-0.2, 0) is 11.2 Å². The van der Waals surface area contributed by atoms with Crippen molar-refractivity contribution in [2.24, 2.45) is 5.73 Å². The molecule has 0 aromatic heterocycles. The van der Waals surface area contributed by atoms with E-state index in [1.165, 1.54) is 25.7 Å². The average Bonchev–Trinajstić information content (AvgIpc) is 2.47. The van der Waals surface area contributed by atoms with Gasteiger partial charge >= 0.3 is 0 Å². The molecule has 1 aliphatic carbocycles. The first-order valence-electron chi connectivity index (χ1n) is 8.07. The number of carbonyl (C=O) groups excluding carboxylic acids is 1. The van der Waals surface area contributed by atoms with Gasteiger partial charge in [-0.3, -0.25) is 4.79 Å². The van der Waals surface area contributed by atoms with Gasteiger partial charge in [-0.05, 0) is 49.4 Å². The quantitative estimate of drug-likeness (QED) is 0.879. The van der Waals surface area contributed by atoms with Crippen LogP contribution in [-0.4, -0.2) is 18.1 Å². The summed E-state index contributed by atoms with van der Waals surface area (Å²) in [6.45, 7) is 0. The second kappa shape index (κ2) is 6.48. The molecule has 3 N–H and O–H groups in total. The lowest BCUT2D eigenvalue weighted by Gasteiger charge is -2.28. The zero-order valence-electron chi connectivity index (χ0n) is 12.4. The highest BCUT2D eigenvalue weighted by Crippen LogP contribution is 2.29. The van der Waals surface area contributed by atoms with Crippen molar-refractivity contribution in [1.29, 1.82) is 0 Å². The molecule has 2 unspecified atom stereocenters. The number of carbonyl (C=O) groups is 1. The Morgan fingerprint density at radius 3 is 2.76 bits per heavy atom. The molecule has 0 radical (unpaired) electrons. The van der Waals surface area contributed by atoms with Crippen molar-refractivity contribution in [2.45, 2.75) is 63.5 Å². The third kappa shape index (κ3) is 3.56. The Bertz CT molecular complexity index is 516. The first-order valence-corrected chi connectivity index (χ1v) is 8.07. The molecule has 1 aliphatic heterocycles. The molecule has 2 aliphatic rings. The Morgan fingerprint density at radius 1 is 1.10 bits per heavy atom. The van der Waals surface area contributed by atoms with E-state index in [1.54, 1.807) is 0 Å². The third-order valence-corrected chi connectivity index (χ3v) is 4.51. The van der Waals surface area contributed by atoms with Crippen molar-refractivity contribution in [2.75, 3.05) is 5.32 Å².